The van der Waals surface area contributed by atoms with Crippen LogP contribution in [0.4, 0.5) is 4.39 Å². The molecule has 5 heteroatoms. The summed E-state index contributed by atoms with van der Waals surface area (Å²) in [4.78, 5) is 9.00. The third-order valence-electron chi connectivity index (χ3n) is 4.60. The van der Waals surface area contributed by atoms with E-state index >= 15 is 0 Å². The Labute approximate surface area is 148 Å². The van der Waals surface area contributed by atoms with Crippen molar-refractivity contribution in [3.63, 3.8) is 0 Å². The van der Waals surface area contributed by atoms with Gasteiger partial charge in [0.15, 0.2) is 0 Å². The normalized spacial score (nSPS) is 17.8. The Morgan fingerprint density at radius 2 is 2.04 bits per heavy atom. The predicted octanol–water partition coefficient (Wildman–Crippen LogP) is 3.78. The van der Waals surface area contributed by atoms with Gasteiger partial charge < -0.3 is 10.6 Å². The molecule has 0 amide bonds. The van der Waals surface area contributed by atoms with Crippen molar-refractivity contribution in [3.05, 3.63) is 70.8 Å². The molecule has 2 heterocycles. The van der Waals surface area contributed by atoms with E-state index in [2.05, 4.69) is 40.6 Å². The largest absolute Gasteiger partial charge is 0.386 e. The van der Waals surface area contributed by atoms with Gasteiger partial charge in [0.2, 0.25) is 0 Å². The number of benzene rings is 1. The molecule has 4 nitrogen and oxygen atoms in total. The molecule has 1 aliphatic rings. The number of nitrogens with one attached hydrogen (secondary N) is 2. The molecule has 0 saturated heterocycles. The Morgan fingerprint density at radius 3 is 2.68 bits per heavy atom. The zero-order valence-corrected chi connectivity index (χ0v) is 15.0. The Bertz CT molecular complexity index is 755. The Morgan fingerprint density at radius 1 is 1.28 bits per heavy atom. The lowest BCUT2D eigenvalue weighted by atomic mass is 10.1. The van der Waals surface area contributed by atoms with Crippen molar-refractivity contribution in [3.8, 4) is 0 Å². The second kappa shape index (κ2) is 7.64. The van der Waals surface area contributed by atoms with Crippen LogP contribution in [0.1, 0.15) is 55.2 Å². The van der Waals surface area contributed by atoms with Crippen LogP contribution in [0.2, 0.25) is 0 Å². The van der Waals surface area contributed by atoms with Gasteiger partial charge in [-0.15, -0.1) is 0 Å². The fourth-order valence-electron chi connectivity index (χ4n) is 3.04. The molecule has 1 aliphatic heterocycles. The van der Waals surface area contributed by atoms with Gasteiger partial charge in [-0.3, -0.25) is 0 Å². The van der Waals surface area contributed by atoms with E-state index in [9.17, 15) is 4.39 Å². The van der Waals surface area contributed by atoms with Crippen molar-refractivity contribution in [2.75, 3.05) is 0 Å². The number of halogens is 1. The first-order valence-electron chi connectivity index (χ1n) is 8.82. The zero-order valence-electron chi connectivity index (χ0n) is 15.0. The van der Waals surface area contributed by atoms with E-state index < -0.39 is 0 Å². The summed E-state index contributed by atoms with van der Waals surface area (Å²) in [6, 6.07) is 5.78. The fraction of sp³-hybridized carbons (Fsp3) is 0.400. The van der Waals surface area contributed by atoms with E-state index in [4.69, 9.17) is 0 Å². The highest BCUT2D eigenvalue weighted by atomic mass is 19.1. The molecule has 0 radical (unpaired) electrons. The van der Waals surface area contributed by atoms with Crippen LogP contribution in [0.5, 0.6) is 0 Å². The van der Waals surface area contributed by atoms with Gasteiger partial charge in [0.1, 0.15) is 11.6 Å². The minimum atomic E-state index is -0.170. The highest BCUT2D eigenvalue weighted by molar-refractivity contribution is 5.28. The van der Waals surface area contributed by atoms with Gasteiger partial charge in [-0.05, 0) is 43.0 Å². The first-order valence-corrected chi connectivity index (χ1v) is 8.82. The molecule has 0 aliphatic carbocycles. The first-order chi connectivity index (χ1) is 12.0. The quantitative estimate of drug-likeness (QED) is 0.840. The Kier molecular flexibility index (Phi) is 5.31. The molecule has 1 aromatic heterocycles. The van der Waals surface area contributed by atoms with E-state index in [0.29, 0.717) is 18.0 Å². The molecule has 2 aromatic rings. The number of aryl methyl sites for hydroxylation is 1. The highest BCUT2D eigenvalue weighted by Crippen LogP contribution is 2.17. The highest BCUT2D eigenvalue weighted by Gasteiger charge is 2.17. The predicted molar refractivity (Wildman–Crippen MR) is 97.4 cm³/mol. The molecule has 2 unspecified atom stereocenters. The summed E-state index contributed by atoms with van der Waals surface area (Å²) in [6.45, 7) is 6.03. The van der Waals surface area contributed by atoms with Crippen LogP contribution in [0, 0.1) is 12.7 Å². The van der Waals surface area contributed by atoms with Crippen molar-refractivity contribution in [2.45, 2.75) is 52.1 Å². The maximum absolute atomic E-state index is 13.4. The second-order valence-electron chi connectivity index (χ2n) is 6.72. The molecule has 25 heavy (non-hydrogen) atoms. The minimum absolute atomic E-state index is 0.0609. The van der Waals surface area contributed by atoms with Gasteiger partial charge >= 0.3 is 0 Å². The molecule has 2 N–H and O–H groups in total. The van der Waals surface area contributed by atoms with Crippen LogP contribution >= 0.6 is 0 Å². The molecule has 0 spiro atoms. The molecule has 0 saturated carbocycles. The van der Waals surface area contributed by atoms with Gasteiger partial charge in [-0.25, -0.2) is 14.4 Å². The van der Waals surface area contributed by atoms with Gasteiger partial charge in [-0.2, -0.15) is 0 Å². The number of nitrogens with zero attached hydrogens (tertiary/aromatic N) is 2. The molecule has 1 aromatic carbocycles. The third kappa shape index (κ3) is 4.35. The second-order valence-corrected chi connectivity index (χ2v) is 6.72. The molecule has 2 atom stereocenters. The van der Waals surface area contributed by atoms with Crippen LogP contribution in [0.25, 0.3) is 0 Å². The lowest BCUT2D eigenvalue weighted by Crippen LogP contribution is -2.21. The van der Waals surface area contributed by atoms with Crippen LogP contribution in [-0.4, -0.2) is 16.0 Å². The van der Waals surface area contributed by atoms with E-state index in [1.807, 2.05) is 24.5 Å². The summed E-state index contributed by atoms with van der Waals surface area (Å²) in [5.41, 5.74) is 3.95. The van der Waals surface area contributed by atoms with Crippen molar-refractivity contribution < 1.29 is 4.39 Å². The maximum atomic E-state index is 13.4. The molecular formula is C20H25FN4. The SMILES string of the molecule is CCC1CC(NC(C)c2ncc(Cc3ccc(F)c(C)c3)cn2)=CN1. The summed E-state index contributed by atoms with van der Waals surface area (Å²) in [7, 11) is 0. The van der Waals surface area contributed by atoms with Crippen molar-refractivity contribution >= 4 is 0 Å². The molecule has 0 bridgehead atoms. The lowest BCUT2D eigenvalue weighted by Gasteiger charge is -2.15. The smallest absolute Gasteiger partial charge is 0.150 e. The van der Waals surface area contributed by atoms with Crippen molar-refractivity contribution in [1.29, 1.82) is 0 Å². The van der Waals surface area contributed by atoms with Crippen LogP contribution < -0.4 is 10.6 Å². The van der Waals surface area contributed by atoms with E-state index in [1.54, 1.807) is 6.92 Å². The van der Waals surface area contributed by atoms with Gasteiger partial charge in [0.05, 0.1) is 6.04 Å². The standard InChI is InChI=1S/C20H25FN4/c1-4-17-9-18(12-22-17)25-14(3)20-23-10-16(11-24-20)8-15-5-6-19(21)13(2)7-15/h5-7,10-12,14,17,22,25H,4,8-9H2,1-3H3. The number of rotatable bonds is 6. The minimum Gasteiger partial charge on any atom is -0.386 e. The van der Waals surface area contributed by atoms with E-state index in [-0.39, 0.29) is 11.9 Å². The van der Waals surface area contributed by atoms with Crippen LogP contribution in [0.15, 0.2) is 42.5 Å². The average molecular weight is 340 g/mol. The fourth-order valence-corrected chi connectivity index (χ4v) is 3.04. The summed E-state index contributed by atoms with van der Waals surface area (Å²) in [5.74, 6) is 0.608. The summed E-state index contributed by atoms with van der Waals surface area (Å²) in [6.07, 6.45) is 8.60. The van der Waals surface area contributed by atoms with Crippen molar-refractivity contribution in [1.82, 2.24) is 20.6 Å². The molecule has 0 fully saturated rings. The van der Waals surface area contributed by atoms with Crippen molar-refractivity contribution in [2.24, 2.45) is 0 Å². The topological polar surface area (TPSA) is 49.8 Å². The zero-order chi connectivity index (χ0) is 17.8. The first kappa shape index (κ1) is 17.4. The summed E-state index contributed by atoms with van der Waals surface area (Å²) in [5, 5.41) is 6.84. The van der Waals surface area contributed by atoms with Gasteiger partial charge in [0, 0.05) is 43.2 Å². The van der Waals surface area contributed by atoms with E-state index in [0.717, 1.165) is 29.8 Å². The number of aromatic nitrogens is 2. The molecule has 132 valence electrons. The van der Waals surface area contributed by atoms with E-state index in [1.165, 1.54) is 11.8 Å². The van der Waals surface area contributed by atoms with Crippen LogP contribution in [0.3, 0.4) is 0 Å². The third-order valence-corrected chi connectivity index (χ3v) is 4.60. The lowest BCUT2D eigenvalue weighted by molar-refractivity contribution is 0.559. The van der Waals surface area contributed by atoms with Gasteiger partial charge in [0.25, 0.3) is 0 Å². The van der Waals surface area contributed by atoms with Gasteiger partial charge in [-0.1, -0.05) is 19.1 Å². The summed E-state index contributed by atoms with van der Waals surface area (Å²) < 4.78 is 13.4. The Hall–Kier alpha value is -2.43. The van der Waals surface area contributed by atoms with Crippen LogP contribution in [-0.2, 0) is 6.42 Å². The maximum Gasteiger partial charge on any atom is 0.150 e. The molecule has 3 rings (SSSR count). The monoisotopic (exact) mass is 340 g/mol. The molecular weight excluding hydrogens is 315 g/mol. The average Bonchev–Trinajstić information content (AvgIpc) is 3.06. The Balaban J connectivity index is 1.60. The number of hydrogen-bond acceptors (Lipinski definition) is 4. The summed E-state index contributed by atoms with van der Waals surface area (Å²) >= 11 is 0. The number of hydrogen-bond donors (Lipinski definition) is 2.